The lowest BCUT2D eigenvalue weighted by atomic mass is 9.97. The van der Waals surface area contributed by atoms with Crippen LogP contribution >= 0.6 is 0 Å². The van der Waals surface area contributed by atoms with E-state index < -0.39 is 34.7 Å². The van der Waals surface area contributed by atoms with Crippen LogP contribution < -0.4 is 0 Å². The van der Waals surface area contributed by atoms with E-state index >= 15 is 0 Å². The molecule has 1 N–H and O–H groups in total. The number of hydrogen-bond donors (Lipinski definition) is 1. The average molecular weight is 323 g/mol. The van der Waals surface area contributed by atoms with Crippen molar-refractivity contribution in [3.05, 3.63) is 39.9 Å². The van der Waals surface area contributed by atoms with E-state index in [9.17, 15) is 24.5 Å². The summed E-state index contributed by atoms with van der Waals surface area (Å²) in [5, 5.41) is 19.6. The number of nitro benzene ring substituents is 1. The van der Waals surface area contributed by atoms with E-state index in [-0.39, 0.29) is 12.1 Å². The standard InChI is InChI=1S/C15H17NO7/c1-3-9(2)23-15(20)13(14(18)19)12(17)8-10-4-6-11(7-5-10)16(21)22/h4-7,9,13H,3,8H2,1-2H3,(H,18,19). The molecule has 0 aromatic heterocycles. The van der Waals surface area contributed by atoms with E-state index in [1.54, 1.807) is 13.8 Å². The van der Waals surface area contributed by atoms with E-state index in [2.05, 4.69) is 0 Å². The highest BCUT2D eigenvalue weighted by atomic mass is 16.6. The van der Waals surface area contributed by atoms with Gasteiger partial charge in [0.05, 0.1) is 11.0 Å². The summed E-state index contributed by atoms with van der Waals surface area (Å²) in [5.41, 5.74) is 0.232. The van der Waals surface area contributed by atoms with Crippen molar-refractivity contribution in [2.24, 2.45) is 5.92 Å². The summed E-state index contributed by atoms with van der Waals surface area (Å²) >= 11 is 0. The summed E-state index contributed by atoms with van der Waals surface area (Å²) in [6, 6.07) is 5.09. The summed E-state index contributed by atoms with van der Waals surface area (Å²) in [6.07, 6.45) is -0.323. The third-order valence-electron chi connectivity index (χ3n) is 3.22. The number of carboxylic acids is 1. The number of carbonyl (C=O) groups is 3. The molecule has 0 aliphatic heterocycles. The molecule has 8 heteroatoms. The first-order valence-electron chi connectivity index (χ1n) is 6.95. The SMILES string of the molecule is CCC(C)OC(=O)C(C(=O)O)C(=O)Cc1ccc([N+](=O)[O-])cc1. The van der Waals surface area contributed by atoms with Gasteiger partial charge in [-0.05, 0) is 18.9 Å². The highest BCUT2D eigenvalue weighted by Gasteiger charge is 2.35. The Labute approximate surface area is 132 Å². The molecule has 0 radical (unpaired) electrons. The molecule has 1 rings (SSSR count). The van der Waals surface area contributed by atoms with Gasteiger partial charge in [-0.3, -0.25) is 24.5 Å². The van der Waals surface area contributed by atoms with Gasteiger partial charge in [0.1, 0.15) is 0 Å². The summed E-state index contributed by atoms with van der Waals surface area (Å²) in [5.74, 6) is -5.41. The van der Waals surface area contributed by atoms with Crippen LogP contribution in [-0.2, 0) is 25.5 Å². The number of Topliss-reactive ketones (excluding diaryl/α,β-unsaturated/α-hetero) is 1. The quantitative estimate of drug-likeness (QED) is 0.334. The lowest BCUT2D eigenvalue weighted by Gasteiger charge is -2.15. The monoisotopic (exact) mass is 323 g/mol. The lowest BCUT2D eigenvalue weighted by Crippen LogP contribution is -2.35. The number of non-ortho nitro benzene ring substituents is 1. The van der Waals surface area contributed by atoms with Crippen molar-refractivity contribution >= 4 is 23.4 Å². The number of aliphatic carboxylic acids is 1. The smallest absolute Gasteiger partial charge is 0.328 e. The number of benzene rings is 1. The summed E-state index contributed by atoms with van der Waals surface area (Å²) in [4.78, 5) is 45.0. The maximum atomic E-state index is 12.1. The van der Waals surface area contributed by atoms with Crippen LogP contribution in [0.2, 0.25) is 0 Å². The summed E-state index contributed by atoms with van der Waals surface area (Å²) in [7, 11) is 0. The third-order valence-corrected chi connectivity index (χ3v) is 3.22. The first-order valence-corrected chi connectivity index (χ1v) is 6.95. The van der Waals surface area contributed by atoms with E-state index in [0.717, 1.165) is 0 Å². The zero-order valence-electron chi connectivity index (χ0n) is 12.7. The molecule has 2 unspecified atom stereocenters. The second-order valence-electron chi connectivity index (χ2n) is 4.99. The van der Waals surface area contributed by atoms with Gasteiger partial charge in [0, 0.05) is 18.6 Å². The largest absolute Gasteiger partial charge is 0.480 e. The van der Waals surface area contributed by atoms with Crippen LogP contribution in [0.25, 0.3) is 0 Å². The first kappa shape index (κ1) is 18.3. The van der Waals surface area contributed by atoms with Crippen molar-refractivity contribution in [1.82, 2.24) is 0 Å². The lowest BCUT2D eigenvalue weighted by molar-refractivity contribution is -0.384. The Morgan fingerprint density at radius 2 is 1.83 bits per heavy atom. The Bertz CT molecular complexity index is 609. The molecule has 1 aromatic rings. The molecule has 0 saturated carbocycles. The fourth-order valence-electron chi connectivity index (χ4n) is 1.76. The number of rotatable bonds is 8. The molecule has 124 valence electrons. The van der Waals surface area contributed by atoms with E-state index in [1.807, 2.05) is 0 Å². The number of nitro groups is 1. The number of hydrogen-bond acceptors (Lipinski definition) is 6. The van der Waals surface area contributed by atoms with Gasteiger partial charge in [-0.1, -0.05) is 19.1 Å². The minimum Gasteiger partial charge on any atom is -0.480 e. The minimum absolute atomic E-state index is 0.146. The van der Waals surface area contributed by atoms with Crippen LogP contribution in [0.15, 0.2) is 24.3 Å². The van der Waals surface area contributed by atoms with Gasteiger partial charge in [-0.2, -0.15) is 0 Å². The molecular formula is C15H17NO7. The van der Waals surface area contributed by atoms with Crippen molar-refractivity contribution < 1.29 is 29.2 Å². The zero-order valence-corrected chi connectivity index (χ0v) is 12.7. The fourth-order valence-corrected chi connectivity index (χ4v) is 1.76. The molecule has 0 heterocycles. The van der Waals surface area contributed by atoms with Crippen molar-refractivity contribution in [3.8, 4) is 0 Å². The molecule has 8 nitrogen and oxygen atoms in total. The molecule has 2 atom stereocenters. The summed E-state index contributed by atoms with van der Waals surface area (Å²) in [6.45, 7) is 3.35. The second-order valence-corrected chi connectivity index (χ2v) is 4.99. The van der Waals surface area contributed by atoms with Gasteiger partial charge in [-0.25, -0.2) is 0 Å². The molecule has 1 aromatic carbocycles. The minimum atomic E-state index is -1.90. The Balaban J connectivity index is 2.84. The number of carboxylic acid groups (broad SMARTS) is 1. The van der Waals surface area contributed by atoms with Gasteiger partial charge in [0.25, 0.3) is 5.69 Å². The van der Waals surface area contributed by atoms with Crippen molar-refractivity contribution in [1.29, 1.82) is 0 Å². The number of carbonyl (C=O) groups excluding carboxylic acids is 2. The van der Waals surface area contributed by atoms with E-state index in [1.165, 1.54) is 24.3 Å². The van der Waals surface area contributed by atoms with E-state index in [4.69, 9.17) is 9.84 Å². The van der Waals surface area contributed by atoms with Gasteiger partial charge < -0.3 is 9.84 Å². The molecule has 0 aliphatic rings. The highest BCUT2D eigenvalue weighted by molar-refractivity contribution is 6.14. The maximum Gasteiger partial charge on any atom is 0.328 e. The molecule has 0 bridgehead atoms. The van der Waals surface area contributed by atoms with Gasteiger partial charge in [-0.15, -0.1) is 0 Å². The van der Waals surface area contributed by atoms with Gasteiger partial charge in [0.2, 0.25) is 5.92 Å². The fraction of sp³-hybridized carbons (Fsp3) is 0.400. The van der Waals surface area contributed by atoms with Gasteiger partial charge in [0.15, 0.2) is 5.78 Å². The van der Waals surface area contributed by atoms with Crippen molar-refractivity contribution in [2.75, 3.05) is 0 Å². The van der Waals surface area contributed by atoms with Crippen molar-refractivity contribution in [3.63, 3.8) is 0 Å². The van der Waals surface area contributed by atoms with Crippen LogP contribution in [-0.4, -0.2) is 33.9 Å². The number of ketones is 1. The number of esters is 1. The Kier molecular flexibility index (Phi) is 6.37. The number of ether oxygens (including phenoxy) is 1. The van der Waals surface area contributed by atoms with Crippen LogP contribution in [0.5, 0.6) is 0 Å². The summed E-state index contributed by atoms with van der Waals surface area (Å²) < 4.78 is 4.90. The number of nitrogens with zero attached hydrogens (tertiary/aromatic N) is 1. The van der Waals surface area contributed by atoms with Crippen LogP contribution in [0.1, 0.15) is 25.8 Å². The van der Waals surface area contributed by atoms with Crippen molar-refractivity contribution in [2.45, 2.75) is 32.8 Å². The zero-order chi connectivity index (χ0) is 17.6. The molecule has 0 spiro atoms. The second kappa shape index (κ2) is 8.02. The molecular weight excluding hydrogens is 306 g/mol. The average Bonchev–Trinajstić information content (AvgIpc) is 2.47. The van der Waals surface area contributed by atoms with Gasteiger partial charge >= 0.3 is 11.9 Å². The Morgan fingerprint density at radius 1 is 1.26 bits per heavy atom. The molecule has 0 aliphatic carbocycles. The van der Waals surface area contributed by atoms with Crippen LogP contribution in [0.3, 0.4) is 0 Å². The molecule has 0 amide bonds. The Hall–Kier alpha value is -2.77. The topological polar surface area (TPSA) is 124 Å². The Morgan fingerprint density at radius 3 is 2.26 bits per heavy atom. The maximum absolute atomic E-state index is 12.1. The molecule has 23 heavy (non-hydrogen) atoms. The van der Waals surface area contributed by atoms with Crippen LogP contribution in [0, 0.1) is 16.0 Å². The molecule has 0 saturated heterocycles. The predicted molar refractivity (Wildman–Crippen MR) is 78.8 cm³/mol. The van der Waals surface area contributed by atoms with Crippen LogP contribution in [0.4, 0.5) is 5.69 Å². The molecule has 0 fully saturated rings. The van der Waals surface area contributed by atoms with E-state index in [0.29, 0.717) is 12.0 Å². The first-order chi connectivity index (χ1) is 10.8. The third kappa shape index (κ3) is 5.17. The highest BCUT2D eigenvalue weighted by Crippen LogP contribution is 2.15. The normalized spacial score (nSPS) is 13.0. The predicted octanol–water partition coefficient (Wildman–Crippen LogP) is 1.75.